The number of benzene rings is 1. The third kappa shape index (κ3) is 4.87. The van der Waals surface area contributed by atoms with Crippen molar-refractivity contribution >= 4 is 29.0 Å². The van der Waals surface area contributed by atoms with Crippen molar-refractivity contribution in [2.24, 2.45) is 0 Å². The number of hydrogen-bond acceptors (Lipinski definition) is 5. The predicted octanol–water partition coefficient (Wildman–Crippen LogP) is 4.06. The number of hydrogen-bond donors (Lipinski definition) is 1. The first-order valence-corrected chi connectivity index (χ1v) is 9.44. The van der Waals surface area contributed by atoms with Crippen LogP contribution in [-0.4, -0.2) is 21.6 Å². The molecular formula is C18H16FN3OS2. The van der Waals surface area contributed by atoms with Gasteiger partial charge in [0, 0.05) is 27.7 Å². The van der Waals surface area contributed by atoms with Crippen LogP contribution in [0.15, 0.2) is 53.7 Å². The zero-order chi connectivity index (χ0) is 17.6. The summed E-state index contributed by atoms with van der Waals surface area (Å²) in [7, 11) is 0. The summed E-state index contributed by atoms with van der Waals surface area (Å²) in [5, 5.41) is 3.81. The number of aromatic nitrogens is 2. The first kappa shape index (κ1) is 17.6. The van der Waals surface area contributed by atoms with Crippen molar-refractivity contribution in [3.05, 3.63) is 65.2 Å². The van der Waals surface area contributed by atoms with Gasteiger partial charge in [-0.25, -0.2) is 9.37 Å². The maximum Gasteiger partial charge on any atom is 0.230 e. The lowest BCUT2D eigenvalue weighted by Gasteiger charge is -2.04. The molecule has 0 unspecified atom stereocenters. The second kappa shape index (κ2) is 8.22. The van der Waals surface area contributed by atoms with E-state index in [0.29, 0.717) is 12.3 Å². The van der Waals surface area contributed by atoms with Gasteiger partial charge in [-0.15, -0.1) is 23.1 Å². The zero-order valence-corrected chi connectivity index (χ0v) is 15.2. The van der Waals surface area contributed by atoms with E-state index in [-0.39, 0.29) is 11.7 Å². The van der Waals surface area contributed by atoms with E-state index in [4.69, 9.17) is 0 Å². The van der Waals surface area contributed by atoms with Gasteiger partial charge in [-0.05, 0) is 43.3 Å². The number of carbonyl (C=O) groups excluding carboxylic acids is 1. The number of thiazole rings is 1. The van der Waals surface area contributed by atoms with Crippen molar-refractivity contribution in [3.63, 3.8) is 0 Å². The normalized spacial score (nSPS) is 10.6. The number of aryl methyl sites for hydroxylation is 1. The Kier molecular flexibility index (Phi) is 5.78. The molecule has 3 rings (SSSR count). The van der Waals surface area contributed by atoms with Gasteiger partial charge in [-0.2, -0.15) is 0 Å². The number of halogens is 1. The third-order valence-corrected chi connectivity index (χ3v) is 5.65. The van der Waals surface area contributed by atoms with E-state index in [2.05, 4.69) is 15.3 Å². The average molecular weight is 373 g/mol. The largest absolute Gasteiger partial charge is 0.350 e. The molecule has 1 aromatic carbocycles. The molecule has 25 heavy (non-hydrogen) atoms. The van der Waals surface area contributed by atoms with Gasteiger partial charge in [-0.3, -0.25) is 9.78 Å². The Labute approximate surface area is 153 Å². The minimum Gasteiger partial charge on any atom is -0.350 e. The van der Waals surface area contributed by atoms with Crippen molar-refractivity contribution in [1.29, 1.82) is 0 Å². The lowest BCUT2D eigenvalue weighted by atomic mass is 10.3. The number of pyridine rings is 1. The molecule has 128 valence electrons. The summed E-state index contributed by atoms with van der Waals surface area (Å²) >= 11 is 2.94. The summed E-state index contributed by atoms with van der Waals surface area (Å²) < 4.78 is 12.9. The monoisotopic (exact) mass is 373 g/mol. The second-order valence-corrected chi connectivity index (χ2v) is 7.42. The maximum atomic E-state index is 12.9. The minimum absolute atomic E-state index is 0.0648. The molecule has 3 aromatic rings. The predicted molar refractivity (Wildman–Crippen MR) is 99.1 cm³/mol. The molecule has 0 radical (unpaired) electrons. The van der Waals surface area contributed by atoms with Gasteiger partial charge in [0.05, 0.1) is 18.0 Å². The summed E-state index contributed by atoms with van der Waals surface area (Å²) in [6.45, 7) is 2.39. The number of thioether (sulfide) groups is 1. The van der Waals surface area contributed by atoms with Crippen LogP contribution >= 0.6 is 23.1 Å². The summed E-state index contributed by atoms with van der Waals surface area (Å²) in [5.41, 5.74) is 1.88. The topological polar surface area (TPSA) is 54.9 Å². The average Bonchev–Trinajstić information content (AvgIpc) is 3.01. The summed E-state index contributed by atoms with van der Waals surface area (Å²) in [6.07, 6.45) is 3.50. The molecule has 0 aliphatic carbocycles. The van der Waals surface area contributed by atoms with Gasteiger partial charge in [0.25, 0.3) is 0 Å². The quantitative estimate of drug-likeness (QED) is 0.662. The molecule has 0 fully saturated rings. The molecule has 2 heterocycles. The van der Waals surface area contributed by atoms with Gasteiger partial charge in [0.2, 0.25) is 5.91 Å². The van der Waals surface area contributed by atoms with Gasteiger partial charge >= 0.3 is 0 Å². The van der Waals surface area contributed by atoms with E-state index in [1.165, 1.54) is 23.9 Å². The molecule has 0 aliphatic rings. The van der Waals surface area contributed by atoms with Crippen molar-refractivity contribution in [1.82, 2.24) is 15.3 Å². The van der Waals surface area contributed by atoms with Crippen molar-refractivity contribution in [2.45, 2.75) is 18.4 Å². The summed E-state index contributed by atoms with van der Waals surface area (Å²) in [4.78, 5) is 22.6. The summed E-state index contributed by atoms with van der Waals surface area (Å²) in [5.74, 6) is -0.0529. The van der Waals surface area contributed by atoms with E-state index in [1.807, 2.05) is 19.1 Å². The molecule has 1 N–H and O–H groups in total. The molecule has 0 spiro atoms. The third-order valence-electron chi connectivity index (χ3n) is 3.43. The SMILES string of the molecule is Cc1nc(-c2cccnc2)sc1CNC(=O)CSc1ccc(F)cc1. The van der Waals surface area contributed by atoms with Crippen molar-refractivity contribution in [3.8, 4) is 10.6 Å². The van der Waals surface area contributed by atoms with Crippen LogP contribution in [0.1, 0.15) is 10.6 Å². The molecule has 0 aliphatic heterocycles. The Bertz CT molecular complexity index is 851. The number of nitrogens with zero attached hydrogens (tertiary/aromatic N) is 2. The van der Waals surface area contributed by atoms with Gasteiger partial charge in [0.1, 0.15) is 10.8 Å². The Morgan fingerprint density at radius 1 is 1.28 bits per heavy atom. The zero-order valence-electron chi connectivity index (χ0n) is 13.5. The van der Waals surface area contributed by atoms with Gasteiger partial charge in [0.15, 0.2) is 0 Å². The molecule has 7 heteroatoms. The fourth-order valence-electron chi connectivity index (χ4n) is 2.11. The molecule has 1 amide bonds. The molecule has 0 atom stereocenters. The van der Waals surface area contributed by atoms with E-state index in [1.54, 1.807) is 35.9 Å². The van der Waals surface area contributed by atoms with Crippen molar-refractivity contribution in [2.75, 3.05) is 5.75 Å². The standard InChI is InChI=1S/C18H16FN3OS2/c1-12-16(25-18(22-12)13-3-2-8-20-9-13)10-21-17(23)11-24-15-6-4-14(19)5-7-15/h2-9H,10-11H2,1H3,(H,21,23). The Morgan fingerprint density at radius 2 is 2.08 bits per heavy atom. The van der Waals surface area contributed by atoms with Gasteiger partial charge < -0.3 is 5.32 Å². The van der Waals surface area contributed by atoms with Crippen LogP contribution in [0.4, 0.5) is 4.39 Å². The maximum absolute atomic E-state index is 12.9. The highest BCUT2D eigenvalue weighted by atomic mass is 32.2. The smallest absolute Gasteiger partial charge is 0.230 e. The van der Waals surface area contributed by atoms with Crippen molar-refractivity contribution < 1.29 is 9.18 Å². The first-order chi connectivity index (χ1) is 12.1. The van der Waals surface area contributed by atoms with Crippen LogP contribution in [0.3, 0.4) is 0 Å². The molecule has 0 saturated heterocycles. The van der Waals surface area contributed by atoms with Crippen LogP contribution in [0.25, 0.3) is 10.6 Å². The Morgan fingerprint density at radius 3 is 2.80 bits per heavy atom. The Balaban J connectivity index is 1.53. The van der Waals surface area contributed by atoms with E-state index >= 15 is 0 Å². The lowest BCUT2D eigenvalue weighted by Crippen LogP contribution is -2.24. The van der Waals surface area contributed by atoms with Crippen LogP contribution < -0.4 is 5.32 Å². The highest BCUT2D eigenvalue weighted by molar-refractivity contribution is 8.00. The fourth-order valence-corrected chi connectivity index (χ4v) is 3.83. The molecular weight excluding hydrogens is 357 g/mol. The lowest BCUT2D eigenvalue weighted by molar-refractivity contribution is -0.118. The Hall–Kier alpha value is -2.25. The van der Waals surface area contributed by atoms with Crippen LogP contribution in [-0.2, 0) is 11.3 Å². The molecule has 0 bridgehead atoms. The minimum atomic E-state index is -0.279. The van der Waals surface area contributed by atoms with E-state index in [0.717, 1.165) is 26.0 Å². The number of carbonyl (C=O) groups is 1. The van der Waals surface area contributed by atoms with Gasteiger partial charge in [-0.1, -0.05) is 0 Å². The van der Waals surface area contributed by atoms with Crippen LogP contribution in [0.2, 0.25) is 0 Å². The number of amides is 1. The first-order valence-electron chi connectivity index (χ1n) is 7.63. The van der Waals surface area contributed by atoms with Crippen LogP contribution in [0.5, 0.6) is 0 Å². The molecule has 4 nitrogen and oxygen atoms in total. The molecule has 2 aromatic heterocycles. The molecule has 0 saturated carbocycles. The van der Waals surface area contributed by atoms with Crippen LogP contribution in [0, 0.1) is 12.7 Å². The highest BCUT2D eigenvalue weighted by Crippen LogP contribution is 2.27. The summed E-state index contributed by atoms with van der Waals surface area (Å²) in [6, 6.07) is 9.95. The second-order valence-electron chi connectivity index (χ2n) is 5.29. The van der Waals surface area contributed by atoms with E-state index < -0.39 is 0 Å². The number of rotatable bonds is 6. The fraction of sp³-hybridized carbons (Fsp3) is 0.167. The van der Waals surface area contributed by atoms with E-state index in [9.17, 15) is 9.18 Å². The highest BCUT2D eigenvalue weighted by Gasteiger charge is 2.11. The number of nitrogens with one attached hydrogen (secondary N) is 1.